The molecule has 3 amide bonds. The Morgan fingerprint density at radius 3 is 2.53 bits per heavy atom. The van der Waals surface area contributed by atoms with Crippen LogP contribution in [0.15, 0.2) is 66.7 Å². The first-order valence-corrected chi connectivity index (χ1v) is 10.5. The van der Waals surface area contributed by atoms with E-state index in [0.29, 0.717) is 17.1 Å². The molecule has 1 heterocycles. The monoisotopic (exact) mass is 420 g/mol. The zero-order chi connectivity index (χ0) is 21.1. The minimum absolute atomic E-state index is 0.0821. The predicted octanol–water partition coefficient (Wildman–Crippen LogP) is 3.85. The van der Waals surface area contributed by atoms with Crippen molar-refractivity contribution in [2.24, 2.45) is 0 Å². The molecule has 152 valence electrons. The van der Waals surface area contributed by atoms with Crippen molar-refractivity contribution in [3.63, 3.8) is 0 Å². The molecule has 0 radical (unpaired) electrons. The number of ether oxygens (including phenoxy) is 1. The van der Waals surface area contributed by atoms with Crippen LogP contribution in [-0.2, 0) is 14.4 Å². The number of anilines is 2. The molecule has 3 aromatic carbocycles. The second-order valence-electron chi connectivity index (χ2n) is 6.88. The van der Waals surface area contributed by atoms with Crippen LogP contribution in [0, 0.1) is 0 Å². The SMILES string of the molecule is COc1ccc(N2C(=O)C[C@@H](SCC(=O)Nc3ccc4ccccc4c3)C2=O)cc1. The number of amides is 3. The summed E-state index contributed by atoms with van der Waals surface area (Å²) in [5.74, 6) is -0.0358. The van der Waals surface area contributed by atoms with Crippen molar-refractivity contribution in [3.8, 4) is 5.75 Å². The van der Waals surface area contributed by atoms with Crippen LogP contribution in [0.2, 0.25) is 0 Å². The summed E-state index contributed by atoms with van der Waals surface area (Å²) in [5, 5.41) is 4.42. The lowest BCUT2D eigenvalue weighted by molar-refractivity contribution is -0.121. The molecule has 30 heavy (non-hydrogen) atoms. The standard InChI is InChI=1S/C23H20N2O4S/c1-29-19-10-8-18(9-11-19)25-22(27)13-20(23(25)28)30-14-21(26)24-17-7-6-15-4-2-3-5-16(15)12-17/h2-12,20H,13-14H2,1H3,(H,24,26)/t20-/m1/s1. The number of nitrogens with one attached hydrogen (secondary N) is 1. The lowest BCUT2D eigenvalue weighted by Gasteiger charge is -2.15. The fourth-order valence-corrected chi connectivity index (χ4v) is 4.31. The van der Waals surface area contributed by atoms with Gasteiger partial charge in [0.2, 0.25) is 17.7 Å². The molecule has 1 aliphatic heterocycles. The first-order chi connectivity index (χ1) is 14.5. The van der Waals surface area contributed by atoms with Crippen molar-refractivity contribution >= 4 is 51.6 Å². The molecule has 1 aliphatic rings. The summed E-state index contributed by atoms with van der Waals surface area (Å²) < 4.78 is 5.11. The quantitative estimate of drug-likeness (QED) is 0.613. The van der Waals surface area contributed by atoms with Crippen molar-refractivity contribution in [2.75, 3.05) is 23.1 Å². The van der Waals surface area contributed by atoms with E-state index in [-0.39, 0.29) is 29.9 Å². The highest BCUT2D eigenvalue weighted by Gasteiger charge is 2.40. The van der Waals surface area contributed by atoms with Gasteiger partial charge in [0.1, 0.15) is 5.75 Å². The van der Waals surface area contributed by atoms with E-state index in [9.17, 15) is 14.4 Å². The second kappa shape index (κ2) is 8.59. The fourth-order valence-electron chi connectivity index (χ4n) is 3.38. The highest BCUT2D eigenvalue weighted by atomic mass is 32.2. The Morgan fingerprint density at radius 2 is 1.80 bits per heavy atom. The molecule has 1 saturated heterocycles. The maximum Gasteiger partial charge on any atom is 0.247 e. The summed E-state index contributed by atoms with van der Waals surface area (Å²) in [7, 11) is 1.55. The van der Waals surface area contributed by atoms with Gasteiger partial charge in [-0.05, 0) is 47.2 Å². The second-order valence-corrected chi connectivity index (χ2v) is 8.07. The highest BCUT2D eigenvalue weighted by Crippen LogP contribution is 2.30. The molecule has 6 nitrogen and oxygen atoms in total. The van der Waals surface area contributed by atoms with Crippen molar-refractivity contribution in [2.45, 2.75) is 11.7 Å². The van der Waals surface area contributed by atoms with E-state index < -0.39 is 5.25 Å². The fraction of sp³-hybridized carbons (Fsp3) is 0.174. The third kappa shape index (κ3) is 4.16. The average Bonchev–Trinajstić information content (AvgIpc) is 3.05. The molecule has 7 heteroatoms. The van der Waals surface area contributed by atoms with E-state index in [1.165, 1.54) is 16.7 Å². The maximum absolute atomic E-state index is 12.7. The zero-order valence-corrected chi connectivity index (χ0v) is 17.1. The predicted molar refractivity (Wildman–Crippen MR) is 119 cm³/mol. The lowest BCUT2D eigenvalue weighted by Crippen LogP contribution is -2.31. The van der Waals surface area contributed by atoms with Gasteiger partial charge in [-0.1, -0.05) is 30.3 Å². The maximum atomic E-state index is 12.7. The van der Waals surface area contributed by atoms with Gasteiger partial charge in [-0.25, -0.2) is 4.90 Å². The molecule has 1 fully saturated rings. The van der Waals surface area contributed by atoms with Gasteiger partial charge in [0, 0.05) is 12.1 Å². The minimum atomic E-state index is -0.568. The van der Waals surface area contributed by atoms with Crippen molar-refractivity contribution < 1.29 is 19.1 Å². The molecule has 1 atom stereocenters. The number of fused-ring (bicyclic) bond motifs is 1. The first kappa shape index (κ1) is 20.0. The van der Waals surface area contributed by atoms with Crippen LogP contribution in [0.3, 0.4) is 0 Å². The number of carbonyl (C=O) groups excluding carboxylic acids is 3. The molecule has 0 bridgehead atoms. The molecule has 3 aromatic rings. The van der Waals surface area contributed by atoms with Crippen LogP contribution in [-0.4, -0.2) is 35.8 Å². The normalized spacial score (nSPS) is 16.2. The number of benzene rings is 3. The van der Waals surface area contributed by atoms with E-state index in [2.05, 4.69) is 5.32 Å². The van der Waals surface area contributed by atoms with Crippen LogP contribution < -0.4 is 15.0 Å². The Labute approximate surface area is 178 Å². The van der Waals surface area contributed by atoms with Gasteiger partial charge in [-0.2, -0.15) is 0 Å². The van der Waals surface area contributed by atoms with Crippen LogP contribution >= 0.6 is 11.8 Å². The van der Waals surface area contributed by atoms with E-state index in [1.54, 1.807) is 31.4 Å². The highest BCUT2D eigenvalue weighted by molar-refractivity contribution is 8.01. The molecule has 0 saturated carbocycles. The summed E-state index contributed by atoms with van der Waals surface area (Å²) in [5.41, 5.74) is 1.21. The van der Waals surface area contributed by atoms with E-state index in [0.717, 1.165) is 10.8 Å². The van der Waals surface area contributed by atoms with Crippen LogP contribution in [0.1, 0.15) is 6.42 Å². The third-order valence-electron chi connectivity index (χ3n) is 4.88. The number of carbonyl (C=O) groups is 3. The summed E-state index contributed by atoms with van der Waals surface area (Å²) in [4.78, 5) is 38.6. The minimum Gasteiger partial charge on any atom is -0.497 e. The number of thioether (sulfide) groups is 1. The Kier molecular flexibility index (Phi) is 5.72. The van der Waals surface area contributed by atoms with Gasteiger partial charge < -0.3 is 10.1 Å². The molecule has 0 aliphatic carbocycles. The number of rotatable bonds is 6. The zero-order valence-electron chi connectivity index (χ0n) is 16.3. The molecule has 1 N–H and O–H groups in total. The molecule has 0 aromatic heterocycles. The topological polar surface area (TPSA) is 75.7 Å². The van der Waals surface area contributed by atoms with E-state index in [4.69, 9.17) is 4.74 Å². The number of imide groups is 1. The largest absolute Gasteiger partial charge is 0.497 e. The third-order valence-corrected chi connectivity index (χ3v) is 6.08. The first-order valence-electron chi connectivity index (χ1n) is 9.46. The van der Waals surface area contributed by atoms with Gasteiger partial charge in [0.05, 0.1) is 23.8 Å². The van der Waals surface area contributed by atoms with Gasteiger partial charge >= 0.3 is 0 Å². The molecule has 4 rings (SSSR count). The Hall–Kier alpha value is -3.32. The van der Waals surface area contributed by atoms with E-state index in [1.807, 2.05) is 42.5 Å². The average molecular weight is 420 g/mol. The van der Waals surface area contributed by atoms with Gasteiger partial charge in [0.15, 0.2) is 0 Å². The van der Waals surface area contributed by atoms with Gasteiger partial charge in [-0.3, -0.25) is 14.4 Å². The Bertz CT molecular complexity index is 1110. The smallest absolute Gasteiger partial charge is 0.247 e. The molecule has 0 unspecified atom stereocenters. The van der Waals surface area contributed by atoms with Crippen molar-refractivity contribution in [3.05, 3.63) is 66.7 Å². The lowest BCUT2D eigenvalue weighted by atomic mass is 10.1. The number of hydrogen-bond donors (Lipinski definition) is 1. The Morgan fingerprint density at radius 1 is 1.07 bits per heavy atom. The summed E-state index contributed by atoms with van der Waals surface area (Å²) in [6.45, 7) is 0. The molecular formula is C23H20N2O4S. The summed E-state index contributed by atoms with van der Waals surface area (Å²) in [6.07, 6.45) is 0.0821. The van der Waals surface area contributed by atoms with Gasteiger partial charge in [-0.15, -0.1) is 11.8 Å². The van der Waals surface area contributed by atoms with Crippen LogP contribution in [0.4, 0.5) is 11.4 Å². The number of hydrogen-bond acceptors (Lipinski definition) is 5. The molecular weight excluding hydrogens is 400 g/mol. The Balaban J connectivity index is 1.36. The van der Waals surface area contributed by atoms with Crippen molar-refractivity contribution in [1.29, 1.82) is 0 Å². The van der Waals surface area contributed by atoms with Gasteiger partial charge in [0.25, 0.3) is 0 Å². The summed E-state index contributed by atoms with van der Waals surface area (Å²) >= 11 is 1.18. The van der Waals surface area contributed by atoms with E-state index >= 15 is 0 Å². The number of methoxy groups -OCH3 is 1. The molecule has 0 spiro atoms. The van der Waals surface area contributed by atoms with Crippen LogP contribution in [0.5, 0.6) is 5.75 Å². The van der Waals surface area contributed by atoms with Crippen molar-refractivity contribution in [1.82, 2.24) is 0 Å². The number of nitrogens with zero attached hydrogens (tertiary/aromatic N) is 1. The van der Waals surface area contributed by atoms with Crippen LogP contribution in [0.25, 0.3) is 10.8 Å². The summed E-state index contributed by atoms with van der Waals surface area (Å²) in [6, 6.07) is 20.4.